The standard InChI is InChI=1S/C14H20N2O2/c1-10(15(2)3)12-6-5-11-7-8-16(4)14(17)18-13(11)9-12/h5-6,9-10H,7-8H2,1-4H3. The van der Waals surface area contributed by atoms with Crippen molar-refractivity contribution in [3.63, 3.8) is 0 Å². The summed E-state index contributed by atoms with van der Waals surface area (Å²) in [5.41, 5.74) is 2.26. The van der Waals surface area contributed by atoms with Gasteiger partial charge in [0.05, 0.1) is 0 Å². The van der Waals surface area contributed by atoms with E-state index >= 15 is 0 Å². The summed E-state index contributed by atoms with van der Waals surface area (Å²) in [5, 5.41) is 0. The van der Waals surface area contributed by atoms with E-state index in [-0.39, 0.29) is 6.09 Å². The number of hydrogen-bond acceptors (Lipinski definition) is 3. The Bertz CT molecular complexity index is 457. The van der Waals surface area contributed by atoms with Gasteiger partial charge in [-0.2, -0.15) is 0 Å². The number of carbonyl (C=O) groups excluding carboxylic acids is 1. The van der Waals surface area contributed by atoms with Gasteiger partial charge < -0.3 is 14.5 Å². The lowest BCUT2D eigenvalue weighted by atomic mass is 10.0. The highest BCUT2D eigenvalue weighted by molar-refractivity contribution is 5.71. The van der Waals surface area contributed by atoms with E-state index in [1.807, 2.05) is 20.2 Å². The van der Waals surface area contributed by atoms with Gasteiger partial charge in [-0.15, -0.1) is 0 Å². The molecule has 0 radical (unpaired) electrons. The number of carbonyl (C=O) groups is 1. The lowest BCUT2D eigenvalue weighted by molar-refractivity contribution is 0.167. The van der Waals surface area contributed by atoms with Crippen LogP contribution in [0.3, 0.4) is 0 Å². The number of hydrogen-bond donors (Lipinski definition) is 0. The van der Waals surface area contributed by atoms with Gasteiger partial charge in [-0.1, -0.05) is 12.1 Å². The number of nitrogens with zero attached hydrogens (tertiary/aromatic N) is 2. The Balaban J connectivity index is 2.32. The van der Waals surface area contributed by atoms with Gasteiger partial charge in [0, 0.05) is 19.6 Å². The van der Waals surface area contributed by atoms with Crippen molar-refractivity contribution in [2.24, 2.45) is 0 Å². The van der Waals surface area contributed by atoms with Crippen LogP contribution >= 0.6 is 0 Å². The van der Waals surface area contributed by atoms with Gasteiger partial charge in [-0.25, -0.2) is 4.79 Å². The van der Waals surface area contributed by atoms with Crippen molar-refractivity contribution in [2.75, 3.05) is 27.7 Å². The Kier molecular flexibility index (Phi) is 3.57. The molecule has 0 saturated heterocycles. The monoisotopic (exact) mass is 248 g/mol. The SMILES string of the molecule is CC(c1ccc2c(c1)OC(=O)N(C)CC2)N(C)C. The number of fused-ring (bicyclic) bond motifs is 1. The van der Waals surface area contributed by atoms with E-state index < -0.39 is 0 Å². The molecule has 0 saturated carbocycles. The molecular formula is C14H20N2O2. The Labute approximate surface area is 108 Å². The molecule has 2 rings (SSSR count). The highest BCUT2D eigenvalue weighted by Crippen LogP contribution is 2.28. The maximum atomic E-state index is 11.7. The summed E-state index contributed by atoms with van der Waals surface area (Å²) < 4.78 is 5.41. The average molecular weight is 248 g/mol. The first kappa shape index (κ1) is 12.9. The van der Waals surface area contributed by atoms with Gasteiger partial charge in [-0.3, -0.25) is 0 Å². The molecule has 0 spiro atoms. The third-order valence-electron chi connectivity index (χ3n) is 3.57. The van der Waals surface area contributed by atoms with E-state index in [0.29, 0.717) is 18.3 Å². The minimum absolute atomic E-state index is 0.275. The molecule has 4 heteroatoms. The van der Waals surface area contributed by atoms with E-state index in [0.717, 1.165) is 17.5 Å². The van der Waals surface area contributed by atoms with Crippen LogP contribution in [0.5, 0.6) is 5.75 Å². The molecule has 18 heavy (non-hydrogen) atoms. The van der Waals surface area contributed by atoms with Gasteiger partial charge in [0.1, 0.15) is 5.75 Å². The lowest BCUT2D eigenvalue weighted by Crippen LogP contribution is -2.29. The van der Waals surface area contributed by atoms with E-state index in [2.05, 4.69) is 24.0 Å². The Morgan fingerprint density at radius 2 is 2.11 bits per heavy atom. The zero-order chi connectivity index (χ0) is 13.3. The molecule has 0 fully saturated rings. The third kappa shape index (κ3) is 2.48. The molecule has 1 aliphatic heterocycles. The summed E-state index contributed by atoms with van der Waals surface area (Å²) in [5.74, 6) is 0.704. The number of rotatable bonds is 2. The van der Waals surface area contributed by atoms with Crippen LogP contribution in [0, 0.1) is 0 Å². The fraction of sp³-hybridized carbons (Fsp3) is 0.500. The number of ether oxygens (including phenoxy) is 1. The maximum Gasteiger partial charge on any atom is 0.414 e. The first-order valence-corrected chi connectivity index (χ1v) is 6.21. The van der Waals surface area contributed by atoms with Crippen molar-refractivity contribution >= 4 is 6.09 Å². The first-order chi connectivity index (χ1) is 8.49. The molecule has 0 aromatic heterocycles. The zero-order valence-corrected chi connectivity index (χ0v) is 11.4. The van der Waals surface area contributed by atoms with Crippen LogP contribution in [0.25, 0.3) is 0 Å². The molecule has 0 bridgehead atoms. The molecule has 98 valence electrons. The zero-order valence-electron chi connectivity index (χ0n) is 11.4. The topological polar surface area (TPSA) is 32.8 Å². The van der Waals surface area contributed by atoms with Crippen molar-refractivity contribution in [1.29, 1.82) is 0 Å². The van der Waals surface area contributed by atoms with Crippen molar-refractivity contribution < 1.29 is 9.53 Å². The maximum absolute atomic E-state index is 11.7. The molecule has 0 aliphatic carbocycles. The second kappa shape index (κ2) is 4.98. The van der Waals surface area contributed by atoms with E-state index in [4.69, 9.17) is 4.74 Å². The van der Waals surface area contributed by atoms with Gasteiger partial charge in [-0.05, 0) is 44.6 Å². The Morgan fingerprint density at radius 3 is 2.78 bits per heavy atom. The van der Waals surface area contributed by atoms with Gasteiger partial charge in [0.2, 0.25) is 0 Å². The Morgan fingerprint density at radius 1 is 1.39 bits per heavy atom. The predicted molar refractivity (Wildman–Crippen MR) is 70.9 cm³/mol. The number of likely N-dealkylation sites (N-methyl/N-ethyl adjacent to an activating group) is 1. The molecule has 1 amide bonds. The van der Waals surface area contributed by atoms with Crippen LogP contribution in [0.2, 0.25) is 0 Å². The van der Waals surface area contributed by atoms with Crippen LogP contribution in [-0.4, -0.2) is 43.6 Å². The van der Waals surface area contributed by atoms with Crippen molar-refractivity contribution in [2.45, 2.75) is 19.4 Å². The highest BCUT2D eigenvalue weighted by atomic mass is 16.6. The molecular weight excluding hydrogens is 228 g/mol. The first-order valence-electron chi connectivity index (χ1n) is 6.21. The van der Waals surface area contributed by atoms with E-state index in [1.165, 1.54) is 0 Å². The van der Waals surface area contributed by atoms with E-state index in [1.54, 1.807) is 11.9 Å². The van der Waals surface area contributed by atoms with Crippen LogP contribution in [-0.2, 0) is 6.42 Å². The van der Waals surface area contributed by atoms with Gasteiger partial charge in [0.15, 0.2) is 0 Å². The fourth-order valence-electron chi connectivity index (χ4n) is 1.98. The smallest absolute Gasteiger partial charge is 0.410 e. The van der Waals surface area contributed by atoms with Crippen LogP contribution in [0.15, 0.2) is 18.2 Å². The summed E-state index contributed by atoms with van der Waals surface area (Å²) in [6.07, 6.45) is 0.567. The summed E-state index contributed by atoms with van der Waals surface area (Å²) in [6.45, 7) is 2.83. The molecule has 1 heterocycles. The molecule has 4 nitrogen and oxygen atoms in total. The van der Waals surface area contributed by atoms with Crippen LogP contribution in [0.4, 0.5) is 4.79 Å². The minimum Gasteiger partial charge on any atom is -0.410 e. The fourth-order valence-corrected chi connectivity index (χ4v) is 1.98. The number of amides is 1. The van der Waals surface area contributed by atoms with Crippen molar-refractivity contribution in [1.82, 2.24) is 9.80 Å². The summed E-state index contributed by atoms with van der Waals surface area (Å²) >= 11 is 0. The van der Waals surface area contributed by atoms with Crippen LogP contribution < -0.4 is 4.74 Å². The van der Waals surface area contributed by atoms with Crippen LogP contribution in [0.1, 0.15) is 24.1 Å². The van der Waals surface area contributed by atoms with E-state index in [9.17, 15) is 4.79 Å². The van der Waals surface area contributed by atoms with Gasteiger partial charge >= 0.3 is 6.09 Å². The molecule has 1 atom stereocenters. The quantitative estimate of drug-likeness (QED) is 0.805. The Hall–Kier alpha value is -1.55. The second-order valence-electron chi connectivity index (χ2n) is 5.05. The molecule has 1 aromatic carbocycles. The largest absolute Gasteiger partial charge is 0.414 e. The summed E-state index contributed by atoms with van der Waals surface area (Å²) in [7, 11) is 5.84. The minimum atomic E-state index is -0.275. The normalized spacial score (nSPS) is 17.2. The summed E-state index contributed by atoms with van der Waals surface area (Å²) in [4.78, 5) is 15.4. The number of benzene rings is 1. The second-order valence-corrected chi connectivity index (χ2v) is 5.05. The molecule has 1 unspecified atom stereocenters. The van der Waals surface area contributed by atoms with Crippen molar-refractivity contribution in [3.05, 3.63) is 29.3 Å². The molecule has 1 aliphatic rings. The molecule has 1 aromatic rings. The van der Waals surface area contributed by atoms with Gasteiger partial charge in [0.25, 0.3) is 0 Å². The van der Waals surface area contributed by atoms with Crippen molar-refractivity contribution in [3.8, 4) is 5.75 Å². The third-order valence-corrected chi connectivity index (χ3v) is 3.57. The summed E-state index contributed by atoms with van der Waals surface area (Å²) in [6, 6.07) is 6.46. The lowest BCUT2D eigenvalue weighted by Gasteiger charge is -2.21. The highest BCUT2D eigenvalue weighted by Gasteiger charge is 2.20. The predicted octanol–water partition coefficient (Wildman–Crippen LogP) is 2.30. The molecule has 0 N–H and O–H groups in total. The average Bonchev–Trinajstić information content (AvgIpc) is 2.48.